The van der Waals surface area contributed by atoms with Gasteiger partial charge in [0.25, 0.3) is 0 Å². The van der Waals surface area contributed by atoms with Crippen LogP contribution >= 0.6 is 0 Å². The molecule has 16 heavy (non-hydrogen) atoms. The van der Waals surface area contributed by atoms with Crippen molar-refractivity contribution in [3.8, 4) is 0 Å². The van der Waals surface area contributed by atoms with Crippen LogP contribution in [0.15, 0.2) is 6.20 Å². The van der Waals surface area contributed by atoms with E-state index in [1.54, 1.807) is 0 Å². The van der Waals surface area contributed by atoms with E-state index in [-0.39, 0.29) is 5.54 Å². The Balaban J connectivity index is 2.60. The summed E-state index contributed by atoms with van der Waals surface area (Å²) in [6, 6.07) is 0. The summed E-state index contributed by atoms with van der Waals surface area (Å²) in [5.74, 6) is 0. The van der Waals surface area contributed by atoms with E-state index in [0.717, 1.165) is 13.0 Å². The summed E-state index contributed by atoms with van der Waals surface area (Å²) in [5.41, 5.74) is 2.76. The van der Waals surface area contributed by atoms with Gasteiger partial charge < -0.3 is 5.32 Å². The molecule has 0 unspecified atom stereocenters. The fourth-order valence-electron chi connectivity index (χ4n) is 2.08. The Morgan fingerprint density at radius 2 is 2.06 bits per heavy atom. The SMILES string of the molecule is CCCC(C)(C)NCc1cn(C)nc1CC. The van der Waals surface area contributed by atoms with E-state index in [1.165, 1.54) is 24.1 Å². The van der Waals surface area contributed by atoms with Crippen LogP contribution < -0.4 is 5.32 Å². The second kappa shape index (κ2) is 5.48. The molecule has 0 saturated heterocycles. The third kappa shape index (κ3) is 3.63. The average molecular weight is 223 g/mol. The molecule has 0 amide bonds. The van der Waals surface area contributed by atoms with Crippen molar-refractivity contribution in [2.75, 3.05) is 0 Å². The topological polar surface area (TPSA) is 29.9 Å². The third-order valence-electron chi connectivity index (χ3n) is 2.96. The fourth-order valence-corrected chi connectivity index (χ4v) is 2.08. The second-order valence-electron chi connectivity index (χ2n) is 5.12. The van der Waals surface area contributed by atoms with Crippen molar-refractivity contribution in [1.29, 1.82) is 0 Å². The van der Waals surface area contributed by atoms with Crippen LogP contribution in [-0.2, 0) is 20.0 Å². The van der Waals surface area contributed by atoms with E-state index in [2.05, 4.69) is 44.3 Å². The molecule has 1 N–H and O–H groups in total. The van der Waals surface area contributed by atoms with E-state index in [9.17, 15) is 0 Å². The molecular weight excluding hydrogens is 198 g/mol. The number of aromatic nitrogens is 2. The molecule has 1 aromatic rings. The molecule has 0 aliphatic heterocycles. The van der Waals surface area contributed by atoms with Crippen LogP contribution in [0.3, 0.4) is 0 Å². The first kappa shape index (κ1) is 13.2. The fraction of sp³-hybridized carbons (Fsp3) is 0.769. The first-order valence-electron chi connectivity index (χ1n) is 6.25. The van der Waals surface area contributed by atoms with Gasteiger partial charge in [-0.1, -0.05) is 20.3 Å². The van der Waals surface area contributed by atoms with Crippen molar-refractivity contribution in [3.63, 3.8) is 0 Å². The Labute approximate surface area is 99.2 Å². The first-order chi connectivity index (χ1) is 7.48. The highest BCUT2D eigenvalue weighted by Gasteiger charge is 2.16. The zero-order chi connectivity index (χ0) is 12.2. The summed E-state index contributed by atoms with van der Waals surface area (Å²) in [7, 11) is 1.99. The Morgan fingerprint density at radius 3 is 2.62 bits per heavy atom. The van der Waals surface area contributed by atoms with Crippen LogP contribution in [0.2, 0.25) is 0 Å². The van der Waals surface area contributed by atoms with Gasteiger partial charge in [0.05, 0.1) is 5.69 Å². The minimum absolute atomic E-state index is 0.218. The maximum Gasteiger partial charge on any atom is 0.0666 e. The van der Waals surface area contributed by atoms with Gasteiger partial charge in [-0.15, -0.1) is 0 Å². The van der Waals surface area contributed by atoms with Crippen LogP contribution in [0.4, 0.5) is 0 Å². The molecule has 0 aliphatic carbocycles. The molecule has 92 valence electrons. The summed E-state index contributed by atoms with van der Waals surface area (Å²) >= 11 is 0. The summed E-state index contributed by atoms with van der Waals surface area (Å²) in [6.45, 7) is 9.83. The Bertz CT molecular complexity index is 326. The number of nitrogens with one attached hydrogen (secondary N) is 1. The van der Waals surface area contributed by atoms with E-state index in [1.807, 2.05) is 11.7 Å². The second-order valence-corrected chi connectivity index (χ2v) is 5.12. The van der Waals surface area contributed by atoms with Gasteiger partial charge >= 0.3 is 0 Å². The molecule has 3 nitrogen and oxygen atoms in total. The van der Waals surface area contributed by atoms with Crippen molar-refractivity contribution in [1.82, 2.24) is 15.1 Å². The maximum atomic E-state index is 4.45. The van der Waals surface area contributed by atoms with Gasteiger partial charge in [-0.05, 0) is 26.7 Å². The van der Waals surface area contributed by atoms with Gasteiger partial charge in [-0.25, -0.2) is 0 Å². The van der Waals surface area contributed by atoms with Gasteiger partial charge in [0, 0.05) is 30.9 Å². The molecule has 0 spiro atoms. The molecule has 3 heteroatoms. The van der Waals surface area contributed by atoms with Crippen molar-refractivity contribution < 1.29 is 0 Å². The molecule has 0 aromatic carbocycles. The number of hydrogen-bond donors (Lipinski definition) is 1. The van der Waals surface area contributed by atoms with Crippen molar-refractivity contribution >= 4 is 0 Å². The molecule has 0 atom stereocenters. The highest BCUT2D eigenvalue weighted by Crippen LogP contribution is 2.13. The Morgan fingerprint density at radius 1 is 1.38 bits per heavy atom. The summed E-state index contributed by atoms with van der Waals surface area (Å²) in [4.78, 5) is 0. The van der Waals surface area contributed by atoms with E-state index in [4.69, 9.17) is 0 Å². The molecular formula is C13H25N3. The van der Waals surface area contributed by atoms with Gasteiger partial charge in [-0.3, -0.25) is 4.68 Å². The van der Waals surface area contributed by atoms with Crippen molar-refractivity contribution in [3.05, 3.63) is 17.5 Å². The normalized spacial score (nSPS) is 12.1. The van der Waals surface area contributed by atoms with E-state index in [0.29, 0.717) is 0 Å². The zero-order valence-corrected chi connectivity index (χ0v) is 11.3. The number of rotatable bonds is 6. The Hall–Kier alpha value is -0.830. The minimum atomic E-state index is 0.218. The molecule has 1 heterocycles. The predicted molar refractivity (Wildman–Crippen MR) is 68.4 cm³/mol. The Kier molecular flexibility index (Phi) is 4.54. The molecule has 0 saturated carbocycles. The lowest BCUT2D eigenvalue weighted by Crippen LogP contribution is -2.38. The van der Waals surface area contributed by atoms with Gasteiger partial charge in [0.1, 0.15) is 0 Å². The molecule has 0 bridgehead atoms. The lowest BCUT2D eigenvalue weighted by molar-refractivity contribution is 0.356. The third-order valence-corrected chi connectivity index (χ3v) is 2.96. The van der Waals surface area contributed by atoms with Gasteiger partial charge in [-0.2, -0.15) is 5.10 Å². The largest absolute Gasteiger partial charge is 0.308 e. The monoisotopic (exact) mass is 223 g/mol. The maximum absolute atomic E-state index is 4.45. The molecule has 0 aliphatic rings. The smallest absolute Gasteiger partial charge is 0.0666 e. The number of hydrogen-bond acceptors (Lipinski definition) is 2. The quantitative estimate of drug-likeness (QED) is 0.803. The van der Waals surface area contributed by atoms with Crippen LogP contribution in [-0.4, -0.2) is 15.3 Å². The molecule has 1 rings (SSSR count). The van der Waals surface area contributed by atoms with E-state index < -0.39 is 0 Å². The summed E-state index contributed by atoms with van der Waals surface area (Å²) in [6.07, 6.45) is 5.54. The van der Waals surface area contributed by atoms with Crippen LogP contribution in [0, 0.1) is 0 Å². The highest BCUT2D eigenvalue weighted by molar-refractivity contribution is 5.17. The van der Waals surface area contributed by atoms with Crippen LogP contribution in [0.1, 0.15) is 51.8 Å². The molecule has 1 aromatic heterocycles. The van der Waals surface area contributed by atoms with Crippen molar-refractivity contribution in [2.45, 2.75) is 59.0 Å². The molecule has 0 radical (unpaired) electrons. The summed E-state index contributed by atoms with van der Waals surface area (Å²) in [5, 5.41) is 8.06. The zero-order valence-electron chi connectivity index (χ0n) is 11.3. The lowest BCUT2D eigenvalue weighted by atomic mass is 9.98. The van der Waals surface area contributed by atoms with Gasteiger partial charge in [0.15, 0.2) is 0 Å². The average Bonchev–Trinajstić information content (AvgIpc) is 2.56. The number of nitrogens with zero attached hydrogens (tertiary/aromatic N) is 2. The van der Waals surface area contributed by atoms with Crippen LogP contribution in [0.25, 0.3) is 0 Å². The summed E-state index contributed by atoms with van der Waals surface area (Å²) < 4.78 is 1.91. The van der Waals surface area contributed by atoms with Gasteiger partial charge in [0.2, 0.25) is 0 Å². The standard InChI is InChI=1S/C13H25N3/c1-6-8-13(3,4)14-9-11-10-16(5)15-12(11)7-2/h10,14H,6-9H2,1-5H3. The van der Waals surface area contributed by atoms with Crippen LogP contribution in [0.5, 0.6) is 0 Å². The predicted octanol–water partition coefficient (Wildman–Crippen LogP) is 2.65. The minimum Gasteiger partial charge on any atom is -0.308 e. The first-order valence-corrected chi connectivity index (χ1v) is 6.25. The van der Waals surface area contributed by atoms with Crippen molar-refractivity contribution in [2.24, 2.45) is 7.05 Å². The lowest BCUT2D eigenvalue weighted by Gasteiger charge is -2.25. The van der Waals surface area contributed by atoms with E-state index >= 15 is 0 Å². The molecule has 0 fully saturated rings. The number of aryl methyl sites for hydroxylation is 2. The highest BCUT2D eigenvalue weighted by atomic mass is 15.3.